The summed E-state index contributed by atoms with van der Waals surface area (Å²) in [5.41, 5.74) is 7.22. The molecule has 0 fully saturated rings. The molecule has 20 heavy (non-hydrogen) atoms. The predicted octanol–water partition coefficient (Wildman–Crippen LogP) is 2.45. The van der Waals surface area contributed by atoms with E-state index in [1.807, 2.05) is 6.07 Å². The molecule has 2 aromatic rings. The molecular formula is C14H17N3O2S. The van der Waals surface area contributed by atoms with Crippen LogP contribution in [0, 0.1) is 0 Å². The van der Waals surface area contributed by atoms with Crippen LogP contribution in [0.4, 0.5) is 17.1 Å². The summed E-state index contributed by atoms with van der Waals surface area (Å²) in [6, 6.07) is 15.6. The average Bonchev–Trinajstić information content (AvgIpc) is 2.39. The first kappa shape index (κ1) is 14.2. The second kappa shape index (κ2) is 5.83. The van der Waals surface area contributed by atoms with Crippen molar-refractivity contribution in [3.05, 3.63) is 54.6 Å². The largest absolute Gasteiger partial charge is 0.399 e. The van der Waals surface area contributed by atoms with E-state index in [0.717, 1.165) is 0 Å². The quantitative estimate of drug-likeness (QED) is 0.831. The number of para-hydroxylation sites is 1. The van der Waals surface area contributed by atoms with E-state index in [-0.39, 0.29) is 0 Å². The number of rotatable bonds is 5. The molecule has 0 saturated carbocycles. The van der Waals surface area contributed by atoms with Crippen molar-refractivity contribution < 1.29 is 8.42 Å². The van der Waals surface area contributed by atoms with Crippen LogP contribution in [0.3, 0.4) is 0 Å². The monoisotopic (exact) mass is 291 g/mol. The summed E-state index contributed by atoms with van der Waals surface area (Å²) in [5, 5.41) is 0. The van der Waals surface area contributed by atoms with Crippen molar-refractivity contribution in [1.82, 2.24) is 0 Å². The molecule has 0 aliphatic rings. The number of nitrogens with two attached hydrogens (primary N) is 1. The Labute approximate surface area is 119 Å². The lowest BCUT2D eigenvalue weighted by Crippen LogP contribution is -2.35. The smallest absolute Gasteiger partial charge is 0.323 e. The fourth-order valence-electron chi connectivity index (χ4n) is 1.89. The highest BCUT2D eigenvalue weighted by molar-refractivity contribution is 7.94. The van der Waals surface area contributed by atoms with Gasteiger partial charge in [-0.05, 0) is 37.3 Å². The molecular weight excluding hydrogens is 274 g/mol. The minimum atomic E-state index is -3.67. The molecule has 106 valence electrons. The number of nitrogens with zero attached hydrogens (tertiary/aromatic N) is 1. The van der Waals surface area contributed by atoms with Gasteiger partial charge in [-0.3, -0.25) is 9.03 Å². The first-order valence-electron chi connectivity index (χ1n) is 6.24. The van der Waals surface area contributed by atoms with E-state index in [4.69, 9.17) is 5.73 Å². The van der Waals surface area contributed by atoms with Crippen LogP contribution in [0.1, 0.15) is 6.92 Å². The van der Waals surface area contributed by atoms with E-state index in [1.54, 1.807) is 55.5 Å². The second-order valence-electron chi connectivity index (χ2n) is 4.23. The molecule has 2 aromatic carbocycles. The number of hydrogen-bond donors (Lipinski definition) is 2. The molecule has 0 saturated heterocycles. The van der Waals surface area contributed by atoms with E-state index >= 15 is 0 Å². The van der Waals surface area contributed by atoms with Crippen molar-refractivity contribution in [3.8, 4) is 0 Å². The Morgan fingerprint density at radius 2 is 1.80 bits per heavy atom. The Balaban J connectivity index is 2.29. The molecule has 6 heteroatoms. The average molecular weight is 291 g/mol. The zero-order valence-corrected chi connectivity index (χ0v) is 12.0. The minimum absolute atomic E-state index is 0.335. The summed E-state index contributed by atoms with van der Waals surface area (Å²) in [6.07, 6.45) is 0. The molecule has 2 rings (SSSR count). The third kappa shape index (κ3) is 3.21. The molecule has 0 atom stereocenters. The summed E-state index contributed by atoms with van der Waals surface area (Å²) >= 11 is 0. The van der Waals surface area contributed by atoms with Crippen LogP contribution in [0.5, 0.6) is 0 Å². The normalized spacial score (nSPS) is 11.1. The lowest BCUT2D eigenvalue weighted by molar-refractivity contribution is 0.597. The fourth-order valence-corrected chi connectivity index (χ4v) is 3.17. The molecule has 0 spiro atoms. The maximum Gasteiger partial charge on any atom is 0.323 e. The van der Waals surface area contributed by atoms with E-state index in [0.29, 0.717) is 23.6 Å². The number of anilines is 3. The molecule has 0 aliphatic carbocycles. The predicted molar refractivity (Wildman–Crippen MR) is 82.9 cm³/mol. The minimum Gasteiger partial charge on any atom is -0.399 e. The number of nitrogens with one attached hydrogen (secondary N) is 1. The second-order valence-corrected chi connectivity index (χ2v) is 5.83. The van der Waals surface area contributed by atoms with Crippen LogP contribution in [-0.2, 0) is 10.2 Å². The van der Waals surface area contributed by atoms with Gasteiger partial charge in [0.05, 0.1) is 11.4 Å². The number of hydrogen-bond acceptors (Lipinski definition) is 3. The third-order valence-corrected chi connectivity index (χ3v) is 4.30. The van der Waals surface area contributed by atoms with Gasteiger partial charge in [0.1, 0.15) is 0 Å². The summed E-state index contributed by atoms with van der Waals surface area (Å²) in [7, 11) is -3.67. The highest BCUT2D eigenvalue weighted by atomic mass is 32.2. The fraction of sp³-hybridized carbons (Fsp3) is 0.143. The van der Waals surface area contributed by atoms with Crippen molar-refractivity contribution in [2.45, 2.75) is 6.92 Å². The van der Waals surface area contributed by atoms with Gasteiger partial charge in [0.25, 0.3) is 0 Å². The maximum atomic E-state index is 12.4. The summed E-state index contributed by atoms with van der Waals surface area (Å²) in [5.74, 6) is 0. The van der Waals surface area contributed by atoms with Crippen molar-refractivity contribution >= 4 is 27.3 Å². The zero-order valence-electron chi connectivity index (χ0n) is 11.2. The van der Waals surface area contributed by atoms with E-state index in [2.05, 4.69) is 4.72 Å². The highest BCUT2D eigenvalue weighted by Gasteiger charge is 2.20. The third-order valence-electron chi connectivity index (χ3n) is 2.75. The van der Waals surface area contributed by atoms with Crippen LogP contribution in [-0.4, -0.2) is 15.0 Å². The van der Waals surface area contributed by atoms with Gasteiger partial charge in [0.2, 0.25) is 0 Å². The van der Waals surface area contributed by atoms with Gasteiger partial charge < -0.3 is 5.73 Å². The summed E-state index contributed by atoms with van der Waals surface area (Å²) in [4.78, 5) is 0. The Kier molecular flexibility index (Phi) is 4.14. The molecule has 0 unspecified atom stereocenters. The van der Waals surface area contributed by atoms with E-state index < -0.39 is 10.2 Å². The zero-order chi connectivity index (χ0) is 14.6. The van der Waals surface area contributed by atoms with E-state index in [1.165, 1.54) is 4.31 Å². The van der Waals surface area contributed by atoms with Crippen molar-refractivity contribution in [3.63, 3.8) is 0 Å². The first-order valence-corrected chi connectivity index (χ1v) is 7.68. The van der Waals surface area contributed by atoms with Gasteiger partial charge in [-0.1, -0.05) is 24.3 Å². The molecule has 0 heterocycles. The van der Waals surface area contributed by atoms with Crippen molar-refractivity contribution in [2.24, 2.45) is 0 Å². The Morgan fingerprint density at radius 1 is 1.10 bits per heavy atom. The molecule has 0 bridgehead atoms. The topological polar surface area (TPSA) is 75.4 Å². The van der Waals surface area contributed by atoms with Gasteiger partial charge in [0, 0.05) is 12.2 Å². The van der Waals surface area contributed by atoms with Crippen LogP contribution in [0.2, 0.25) is 0 Å². The molecule has 0 aliphatic heterocycles. The Morgan fingerprint density at radius 3 is 2.40 bits per heavy atom. The SMILES string of the molecule is CCN(c1ccccc1)S(=O)(=O)Nc1cccc(N)c1. The van der Waals surface area contributed by atoms with Gasteiger partial charge in [-0.2, -0.15) is 8.42 Å². The summed E-state index contributed by atoms with van der Waals surface area (Å²) < 4.78 is 28.7. The lowest BCUT2D eigenvalue weighted by atomic mass is 10.3. The first-order chi connectivity index (χ1) is 9.53. The Bertz CT molecular complexity index is 672. The molecule has 0 aromatic heterocycles. The molecule has 3 N–H and O–H groups in total. The van der Waals surface area contributed by atoms with Gasteiger partial charge in [-0.25, -0.2) is 0 Å². The maximum absolute atomic E-state index is 12.4. The van der Waals surface area contributed by atoms with Crippen LogP contribution >= 0.6 is 0 Å². The van der Waals surface area contributed by atoms with Gasteiger partial charge >= 0.3 is 10.2 Å². The van der Waals surface area contributed by atoms with E-state index in [9.17, 15) is 8.42 Å². The van der Waals surface area contributed by atoms with Crippen molar-refractivity contribution in [1.29, 1.82) is 0 Å². The summed E-state index contributed by atoms with van der Waals surface area (Å²) in [6.45, 7) is 2.12. The number of nitrogen functional groups attached to an aromatic ring is 1. The number of benzene rings is 2. The Hall–Kier alpha value is -2.21. The molecule has 0 amide bonds. The molecule has 0 radical (unpaired) electrons. The van der Waals surface area contributed by atoms with Gasteiger partial charge in [-0.15, -0.1) is 0 Å². The van der Waals surface area contributed by atoms with Crippen molar-refractivity contribution in [2.75, 3.05) is 21.3 Å². The highest BCUT2D eigenvalue weighted by Crippen LogP contribution is 2.20. The molecule has 5 nitrogen and oxygen atoms in total. The van der Waals surface area contributed by atoms with Crippen LogP contribution in [0.15, 0.2) is 54.6 Å². The standard InChI is InChI=1S/C14H17N3O2S/c1-2-17(14-9-4-3-5-10-14)20(18,19)16-13-8-6-7-12(15)11-13/h3-11,16H,2,15H2,1H3. The van der Waals surface area contributed by atoms with Crippen LogP contribution < -0.4 is 14.8 Å². The lowest BCUT2D eigenvalue weighted by Gasteiger charge is -2.23. The van der Waals surface area contributed by atoms with Gasteiger partial charge in [0.15, 0.2) is 0 Å². The van der Waals surface area contributed by atoms with Crippen LogP contribution in [0.25, 0.3) is 0 Å².